The number of benzene rings is 1. The Bertz CT molecular complexity index is 1020. The highest BCUT2D eigenvalue weighted by Gasteiger charge is 2.27. The number of hydrogen-bond acceptors (Lipinski definition) is 7. The average molecular weight is 387 g/mol. The Morgan fingerprint density at radius 2 is 1.59 bits per heavy atom. The van der Waals surface area contributed by atoms with Crippen LogP contribution in [-0.2, 0) is 6.42 Å². The zero-order valence-electron chi connectivity index (χ0n) is 16.0. The molecule has 5 rings (SSSR count). The first-order valence-corrected chi connectivity index (χ1v) is 9.78. The van der Waals surface area contributed by atoms with E-state index in [0.717, 1.165) is 50.1 Å². The standard InChI is InChI=1S/C21H21N7O/c29-20(28-9-6-16-4-1-2-5-18(16)28)17-14-19(25-15-24-17)26-10-12-27(13-11-26)21-22-7-3-8-23-21/h1-5,7-8,14-15H,6,9-13H2. The molecule has 0 aliphatic carbocycles. The van der Waals surface area contributed by atoms with Gasteiger partial charge in [-0.25, -0.2) is 19.9 Å². The Morgan fingerprint density at radius 1 is 0.828 bits per heavy atom. The third-order valence-corrected chi connectivity index (χ3v) is 5.44. The van der Waals surface area contributed by atoms with E-state index < -0.39 is 0 Å². The lowest BCUT2D eigenvalue weighted by molar-refractivity contribution is 0.0984. The number of anilines is 3. The van der Waals surface area contributed by atoms with Gasteiger partial charge in [0.15, 0.2) is 0 Å². The van der Waals surface area contributed by atoms with Crippen molar-refractivity contribution >= 4 is 23.4 Å². The number of amides is 1. The molecule has 0 atom stereocenters. The average Bonchev–Trinajstić information content (AvgIpc) is 3.24. The number of hydrogen-bond donors (Lipinski definition) is 0. The number of aromatic nitrogens is 4. The SMILES string of the molecule is O=C(c1cc(N2CCN(c3ncccn3)CC2)ncn1)N1CCc2ccccc21. The highest BCUT2D eigenvalue weighted by atomic mass is 16.2. The number of nitrogens with zero attached hydrogens (tertiary/aromatic N) is 7. The fourth-order valence-electron chi connectivity index (χ4n) is 3.91. The zero-order chi connectivity index (χ0) is 19.6. The second-order valence-electron chi connectivity index (χ2n) is 7.12. The van der Waals surface area contributed by atoms with Gasteiger partial charge in [0.1, 0.15) is 17.8 Å². The Balaban J connectivity index is 1.30. The molecule has 8 nitrogen and oxygen atoms in total. The summed E-state index contributed by atoms with van der Waals surface area (Å²) in [5.74, 6) is 1.46. The van der Waals surface area contributed by atoms with Crippen LogP contribution in [0.25, 0.3) is 0 Å². The van der Waals surface area contributed by atoms with E-state index in [0.29, 0.717) is 12.2 Å². The summed E-state index contributed by atoms with van der Waals surface area (Å²) >= 11 is 0. The second kappa shape index (κ2) is 7.46. The maximum absolute atomic E-state index is 13.1. The number of rotatable bonds is 3. The molecule has 1 amide bonds. The van der Waals surface area contributed by atoms with Gasteiger partial charge >= 0.3 is 0 Å². The van der Waals surface area contributed by atoms with Gasteiger partial charge in [0, 0.05) is 56.9 Å². The highest BCUT2D eigenvalue weighted by molar-refractivity contribution is 6.06. The van der Waals surface area contributed by atoms with Crippen molar-refractivity contribution in [2.24, 2.45) is 0 Å². The smallest absolute Gasteiger partial charge is 0.277 e. The summed E-state index contributed by atoms with van der Waals surface area (Å²) in [4.78, 5) is 36.5. The van der Waals surface area contributed by atoms with E-state index in [1.54, 1.807) is 18.5 Å². The lowest BCUT2D eigenvalue weighted by Crippen LogP contribution is -2.47. The van der Waals surface area contributed by atoms with E-state index in [1.807, 2.05) is 29.2 Å². The van der Waals surface area contributed by atoms with Crippen LogP contribution < -0.4 is 14.7 Å². The van der Waals surface area contributed by atoms with E-state index in [4.69, 9.17) is 0 Å². The normalized spacial score (nSPS) is 16.1. The van der Waals surface area contributed by atoms with E-state index in [9.17, 15) is 4.79 Å². The molecule has 1 fully saturated rings. The molecule has 0 radical (unpaired) electrons. The Hall–Kier alpha value is -3.55. The zero-order valence-corrected chi connectivity index (χ0v) is 16.0. The lowest BCUT2D eigenvalue weighted by atomic mass is 10.2. The first-order valence-electron chi connectivity index (χ1n) is 9.78. The number of carbonyl (C=O) groups excluding carboxylic acids is 1. The number of fused-ring (bicyclic) bond motifs is 1. The van der Waals surface area contributed by atoms with Crippen LogP contribution in [0.15, 0.2) is 55.1 Å². The number of carbonyl (C=O) groups is 1. The van der Waals surface area contributed by atoms with E-state index in [-0.39, 0.29) is 5.91 Å². The van der Waals surface area contributed by atoms with Gasteiger partial charge in [0.2, 0.25) is 5.95 Å². The van der Waals surface area contributed by atoms with Crippen LogP contribution in [0.2, 0.25) is 0 Å². The van der Waals surface area contributed by atoms with Gasteiger partial charge in [0.25, 0.3) is 5.91 Å². The lowest BCUT2D eigenvalue weighted by Gasteiger charge is -2.35. The minimum Gasteiger partial charge on any atom is -0.353 e. The topological polar surface area (TPSA) is 78.4 Å². The molecule has 2 aliphatic rings. The van der Waals surface area contributed by atoms with Gasteiger partial charge < -0.3 is 14.7 Å². The first-order chi connectivity index (χ1) is 14.3. The minimum absolute atomic E-state index is 0.0741. The summed E-state index contributed by atoms with van der Waals surface area (Å²) < 4.78 is 0. The van der Waals surface area contributed by atoms with Crippen LogP contribution in [0, 0.1) is 0 Å². The predicted octanol–water partition coefficient (Wildman–Crippen LogP) is 1.80. The third-order valence-electron chi connectivity index (χ3n) is 5.44. The van der Waals surface area contributed by atoms with Crippen LogP contribution in [-0.4, -0.2) is 58.6 Å². The monoisotopic (exact) mass is 387 g/mol. The van der Waals surface area contributed by atoms with Crippen molar-refractivity contribution < 1.29 is 4.79 Å². The summed E-state index contributed by atoms with van der Waals surface area (Å²) in [5.41, 5.74) is 2.61. The molecule has 2 aromatic heterocycles. The molecule has 1 aromatic carbocycles. The van der Waals surface area contributed by atoms with E-state index in [1.165, 1.54) is 11.9 Å². The van der Waals surface area contributed by atoms with Gasteiger partial charge in [-0.2, -0.15) is 0 Å². The molecule has 146 valence electrons. The van der Waals surface area contributed by atoms with Crippen molar-refractivity contribution in [2.75, 3.05) is 47.4 Å². The highest BCUT2D eigenvalue weighted by Crippen LogP contribution is 2.29. The summed E-state index contributed by atoms with van der Waals surface area (Å²) in [6.45, 7) is 3.87. The molecular formula is C21H21N7O. The molecule has 8 heteroatoms. The molecule has 0 unspecified atom stereocenters. The Labute approximate surface area is 168 Å². The van der Waals surface area contributed by atoms with Gasteiger partial charge in [-0.1, -0.05) is 18.2 Å². The first kappa shape index (κ1) is 17.5. The molecule has 29 heavy (non-hydrogen) atoms. The fraction of sp³-hybridized carbons (Fsp3) is 0.286. The van der Waals surface area contributed by atoms with Gasteiger partial charge in [-0.3, -0.25) is 4.79 Å². The van der Waals surface area contributed by atoms with E-state index >= 15 is 0 Å². The maximum Gasteiger partial charge on any atom is 0.277 e. The fourth-order valence-corrected chi connectivity index (χ4v) is 3.91. The second-order valence-corrected chi connectivity index (χ2v) is 7.12. The van der Waals surface area contributed by atoms with Crippen molar-refractivity contribution in [2.45, 2.75) is 6.42 Å². The molecule has 0 spiro atoms. The molecule has 3 aromatic rings. The van der Waals surface area contributed by atoms with Crippen LogP contribution in [0.4, 0.5) is 17.5 Å². The van der Waals surface area contributed by atoms with Crippen molar-refractivity contribution in [3.63, 3.8) is 0 Å². The van der Waals surface area contributed by atoms with Crippen LogP contribution in [0.3, 0.4) is 0 Å². The summed E-state index contributed by atoms with van der Waals surface area (Å²) in [7, 11) is 0. The maximum atomic E-state index is 13.1. The van der Waals surface area contributed by atoms with Gasteiger partial charge in [0.05, 0.1) is 0 Å². The largest absolute Gasteiger partial charge is 0.353 e. The Kier molecular flexibility index (Phi) is 4.51. The molecule has 0 bridgehead atoms. The van der Waals surface area contributed by atoms with Crippen LogP contribution in [0.5, 0.6) is 0 Å². The summed E-state index contributed by atoms with van der Waals surface area (Å²) in [6, 6.07) is 11.7. The van der Waals surface area contributed by atoms with Crippen molar-refractivity contribution in [3.05, 3.63) is 66.4 Å². The summed E-state index contributed by atoms with van der Waals surface area (Å²) in [5, 5.41) is 0. The third kappa shape index (κ3) is 3.37. The molecule has 0 N–H and O–H groups in total. The molecule has 4 heterocycles. The van der Waals surface area contributed by atoms with Crippen molar-refractivity contribution in [1.82, 2.24) is 19.9 Å². The van der Waals surface area contributed by atoms with Crippen LogP contribution in [0.1, 0.15) is 16.1 Å². The molecule has 1 saturated heterocycles. The number of para-hydroxylation sites is 1. The number of piperazine rings is 1. The van der Waals surface area contributed by atoms with Gasteiger partial charge in [-0.15, -0.1) is 0 Å². The molecule has 2 aliphatic heterocycles. The van der Waals surface area contributed by atoms with Crippen molar-refractivity contribution in [1.29, 1.82) is 0 Å². The van der Waals surface area contributed by atoms with E-state index in [2.05, 4.69) is 35.8 Å². The predicted molar refractivity (Wildman–Crippen MR) is 110 cm³/mol. The quantitative estimate of drug-likeness (QED) is 0.678. The van der Waals surface area contributed by atoms with Gasteiger partial charge in [-0.05, 0) is 24.1 Å². The van der Waals surface area contributed by atoms with Crippen molar-refractivity contribution in [3.8, 4) is 0 Å². The summed E-state index contributed by atoms with van der Waals surface area (Å²) in [6.07, 6.45) is 5.88. The Morgan fingerprint density at radius 3 is 2.41 bits per heavy atom. The minimum atomic E-state index is -0.0741. The molecule has 0 saturated carbocycles. The van der Waals surface area contributed by atoms with Crippen LogP contribution >= 0.6 is 0 Å². The molecular weight excluding hydrogens is 366 g/mol.